The summed E-state index contributed by atoms with van der Waals surface area (Å²) in [5.41, 5.74) is 0. The third-order valence-electron chi connectivity index (χ3n) is 4.77. The fraction of sp³-hybridized carbons (Fsp3) is 0.929. The lowest BCUT2D eigenvalue weighted by molar-refractivity contribution is -1.24. The molecule has 0 fully saturated rings. The third kappa shape index (κ3) is 3.49. The number of hydrogen-bond acceptors (Lipinski definition) is 3. The number of nitrogens with two attached hydrogens (primary N) is 1. The van der Waals surface area contributed by atoms with Crippen molar-refractivity contribution in [2.45, 2.75) is 41.5 Å². The molecule has 0 unspecified atom stereocenters. The molecule has 0 radical (unpaired) electrons. The molecule has 2 N–H and O–H groups in total. The monoisotopic (exact) mass is 290 g/mol. The average Bonchev–Trinajstić information content (AvgIpc) is 2.49. The lowest BCUT2D eigenvalue weighted by atomic mass is 10.4. The van der Waals surface area contributed by atoms with Crippen LogP contribution in [0.5, 0.6) is 0 Å². The Hall–Kier alpha value is -0.690. The lowest BCUT2D eigenvalue weighted by Gasteiger charge is -2.51. The Morgan fingerprint density at radius 2 is 1.15 bits per heavy atom. The van der Waals surface area contributed by atoms with E-state index in [1.54, 1.807) is 0 Å². The van der Waals surface area contributed by atoms with Gasteiger partial charge in [0.1, 0.15) is 39.3 Å². The van der Waals surface area contributed by atoms with Crippen LogP contribution in [0.2, 0.25) is 0 Å². The second-order valence-corrected chi connectivity index (χ2v) is 5.08. The average molecular weight is 290 g/mol. The van der Waals surface area contributed by atoms with Gasteiger partial charge in [0.05, 0.1) is 0 Å². The maximum Gasteiger partial charge on any atom is 0.350 e. The number of nitrogens with zero attached hydrogens (tertiary/aromatic N) is 3. The number of rotatable bonds is 10. The predicted octanol–water partition coefficient (Wildman–Crippen LogP) is 1.29. The minimum Gasteiger partial charge on any atom is -0.294 e. The molecule has 0 bridgehead atoms. The van der Waals surface area contributed by atoms with Crippen molar-refractivity contribution in [1.29, 1.82) is 0 Å². The van der Waals surface area contributed by atoms with E-state index >= 15 is 0 Å². The van der Waals surface area contributed by atoms with Gasteiger partial charge in [-0.05, 0) is 46.7 Å². The molecule has 0 rings (SSSR count). The number of carbonyl (C=O) groups excluding carboxylic acids is 1. The number of quaternary nitrogens is 2. The smallest absolute Gasteiger partial charge is 0.294 e. The Bertz CT molecular complexity index is 252. The van der Waals surface area contributed by atoms with Crippen LogP contribution >= 0.6 is 0 Å². The first-order valence-electron chi connectivity index (χ1n) is 7.85. The van der Waals surface area contributed by atoms with Crippen molar-refractivity contribution < 1.29 is 18.8 Å². The Morgan fingerprint density at radius 3 is 1.35 bits per heavy atom. The van der Waals surface area contributed by atoms with E-state index in [1.807, 2.05) is 5.12 Å². The Morgan fingerprint density at radius 1 is 0.850 bits per heavy atom. The highest BCUT2D eigenvalue weighted by Crippen LogP contribution is 2.23. The van der Waals surface area contributed by atoms with E-state index in [9.17, 15) is 4.79 Å². The zero-order valence-electron chi connectivity index (χ0n) is 14.2. The molecule has 0 aliphatic heterocycles. The van der Waals surface area contributed by atoms with E-state index in [0.717, 1.165) is 39.3 Å². The van der Waals surface area contributed by atoms with Gasteiger partial charge in [-0.1, -0.05) is 0 Å². The summed E-state index contributed by atoms with van der Waals surface area (Å²) in [6, 6.07) is 0. The Labute approximate surface area is 124 Å². The van der Waals surface area contributed by atoms with Crippen molar-refractivity contribution in [2.75, 3.05) is 45.9 Å². The van der Waals surface area contributed by atoms with Crippen LogP contribution < -0.4 is 5.90 Å². The van der Waals surface area contributed by atoms with Gasteiger partial charge in [-0.3, -0.25) is 9.63 Å². The standard InChI is InChI=1S/C14H34N4O2/c1-7-17(8-2,9-3)16(14(19)13-20-15)18(10-4,11-5)12-6/h7-13,15H2,1-6H3/q+2. The molecular formula is C14H34N4O2+2. The normalized spacial score (nSPS) is 12.6. The van der Waals surface area contributed by atoms with Gasteiger partial charge in [0.25, 0.3) is 0 Å². The van der Waals surface area contributed by atoms with Crippen molar-refractivity contribution in [1.82, 2.24) is 5.12 Å². The highest BCUT2D eigenvalue weighted by atomic mass is 16.6. The fourth-order valence-electron chi connectivity index (χ4n) is 3.15. The van der Waals surface area contributed by atoms with Crippen LogP contribution in [0, 0.1) is 0 Å². The molecule has 0 saturated heterocycles. The van der Waals surface area contributed by atoms with Crippen LogP contribution in [0.1, 0.15) is 41.5 Å². The third-order valence-corrected chi connectivity index (χ3v) is 4.77. The number of hydrogen-bond donors (Lipinski definition) is 1. The van der Waals surface area contributed by atoms with E-state index in [-0.39, 0.29) is 12.5 Å². The van der Waals surface area contributed by atoms with Crippen molar-refractivity contribution in [3.63, 3.8) is 0 Å². The molecule has 6 heteroatoms. The quantitative estimate of drug-likeness (QED) is 0.487. The van der Waals surface area contributed by atoms with E-state index in [1.165, 1.54) is 0 Å². The zero-order valence-corrected chi connectivity index (χ0v) is 14.2. The second-order valence-electron chi connectivity index (χ2n) is 5.08. The number of amides is 1. The maximum atomic E-state index is 12.7. The Balaban J connectivity index is 5.86. The lowest BCUT2D eigenvalue weighted by Crippen LogP contribution is -2.76. The van der Waals surface area contributed by atoms with Crippen LogP contribution in [0.4, 0.5) is 0 Å². The van der Waals surface area contributed by atoms with Crippen molar-refractivity contribution in [2.24, 2.45) is 5.90 Å². The van der Waals surface area contributed by atoms with Crippen LogP contribution in [-0.4, -0.2) is 66.1 Å². The molecule has 0 atom stereocenters. The van der Waals surface area contributed by atoms with E-state index in [0.29, 0.717) is 9.18 Å². The minimum atomic E-state index is -0.0694. The van der Waals surface area contributed by atoms with Gasteiger partial charge in [-0.25, -0.2) is 5.90 Å². The highest BCUT2D eigenvalue weighted by Gasteiger charge is 2.48. The molecule has 0 aromatic carbocycles. The summed E-state index contributed by atoms with van der Waals surface area (Å²) < 4.78 is 1.27. The molecular weight excluding hydrogens is 256 g/mol. The van der Waals surface area contributed by atoms with Gasteiger partial charge < -0.3 is 0 Å². The summed E-state index contributed by atoms with van der Waals surface area (Å²) in [6.45, 7) is 18.0. The zero-order chi connectivity index (χ0) is 15.8. The van der Waals surface area contributed by atoms with Crippen molar-refractivity contribution in [3.05, 3.63) is 0 Å². The first-order valence-corrected chi connectivity index (χ1v) is 7.85. The molecule has 0 aliphatic carbocycles. The van der Waals surface area contributed by atoms with Gasteiger partial charge >= 0.3 is 5.91 Å². The largest absolute Gasteiger partial charge is 0.350 e. The molecule has 0 heterocycles. The summed E-state index contributed by atoms with van der Waals surface area (Å²) in [7, 11) is 0. The van der Waals surface area contributed by atoms with E-state index < -0.39 is 0 Å². The van der Waals surface area contributed by atoms with Gasteiger partial charge in [-0.2, -0.15) is 9.18 Å². The highest BCUT2D eigenvalue weighted by molar-refractivity contribution is 5.75. The molecule has 0 aromatic rings. The van der Waals surface area contributed by atoms with Gasteiger partial charge in [0, 0.05) is 0 Å². The summed E-state index contributed by atoms with van der Waals surface area (Å²) in [5, 5.41) is 1.99. The van der Waals surface area contributed by atoms with Gasteiger partial charge in [0.2, 0.25) is 0 Å². The maximum absolute atomic E-state index is 12.7. The molecule has 0 aromatic heterocycles. The van der Waals surface area contributed by atoms with Crippen molar-refractivity contribution >= 4 is 5.91 Å². The molecule has 6 nitrogen and oxygen atoms in total. The molecule has 0 saturated carbocycles. The molecule has 120 valence electrons. The van der Waals surface area contributed by atoms with Gasteiger partial charge in [-0.15, -0.1) is 0 Å². The molecule has 0 aliphatic rings. The fourth-order valence-corrected chi connectivity index (χ4v) is 3.15. The van der Waals surface area contributed by atoms with E-state index in [2.05, 4.69) is 46.4 Å². The molecule has 20 heavy (non-hydrogen) atoms. The summed E-state index contributed by atoms with van der Waals surface area (Å²) in [5.74, 6) is 5.10. The molecule has 0 spiro atoms. The van der Waals surface area contributed by atoms with Crippen LogP contribution in [0.25, 0.3) is 0 Å². The minimum absolute atomic E-state index is 0.0383. The van der Waals surface area contributed by atoms with Crippen LogP contribution in [0.3, 0.4) is 0 Å². The first kappa shape index (κ1) is 19.3. The van der Waals surface area contributed by atoms with Gasteiger partial charge in [0.15, 0.2) is 6.61 Å². The summed E-state index contributed by atoms with van der Waals surface area (Å²) >= 11 is 0. The summed E-state index contributed by atoms with van der Waals surface area (Å²) in [4.78, 5) is 17.3. The first-order chi connectivity index (χ1) is 9.47. The Kier molecular flexibility index (Phi) is 8.27. The van der Waals surface area contributed by atoms with Crippen LogP contribution in [0.15, 0.2) is 0 Å². The second kappa shape index (κ2) is 8.56. The topological polar surface area (TPSA) is 55.6 Å². The summed E-state index contributed by atoms with van der Waals surface area (Å²) in [6.07, 6.45) is 0. The molecule has 1 amide bonds. The van der Waals surface area contributed by atoms with E-state index in [4.69, 9.17) is 5.90 Å². The SMILES string of the molecule is CC[N+](CC)(CC)N(C(=O)CON)[N+](CC)(CC)CC. The number of carbonyl (C=O) groups is 1. The van der Waals surface area contributed by atoms with Crippen LogP contribution in [-0.2, 0) is 9.63 Å². The van der Waals surface area contributed by atoms with Crippen molar-refractivity contribution in [3.8, 4) is 0 Å². The predicted molar refractivity (Wildman–Crippen MR) is 80.8 cm³/mol.